The quantitative estimate of drug-likeness (QED) is 0.796. The number of H-pyrrole nitrogens is 1. The van der Waals surface area contributed by atoms with Crippen molar-refractivity contribution in [2.75, 3.05) is 19.7 Å². The number of piperidine rings is 1. The minimum atomic E-state index is -3.62. The number of hydrogen-bond donors (Lipinski definition) is 2. The number of imidazole rings is 1. The first-order chi connectivity index (χ1) is 12.9. The van der Waals surface area contributed by atoms with Crippen LogP contribution in [0.3, 0.4) is 0 Å². The van der Waals surface area contributed by atoms with Crippen molar-refractivity contribution in [2.24, 2.45) is 0 Å². The van der Waals surface area contributed by atoms with Crippen LogP contribution in [0, 0.1) is 0 Å². The Morgan fingerprint density at radius 2 is 2.19 bits per heavy atom. The van der Waals surface area contributed by atoms with E-state index in [4.69, 9.17) is 4.74 Å². The zero-order valence-corrected chi connectivity index (χ0v) is 16.5. The summed E-state index contributed by atoms with van der Waals surface area (Å²) in [5.41, 5.74) is 0.432. The number of aromatic amines is 1. The van der Waals surface area contributed by atoms with Crippen LogP contribution < -0.4 is 0 Å². The van der Waals surface area contributed by atoms with E-state index in [1.807, 2.05) is 6.92 Å². The molecule has 0 aromatic carbocycles. The minimum absolute atomic E-state index is 0.116. The van der Waals surface area contributed by atoms with Crippen LogP contribution in [0.1, 0.15) is 45.7 Å². The number of carboxylic acids is 1. The van der Waals surface area contributed by atoms with Crippen LogP contribution in [0.2, 0.25) is 0 Å². The SMILES string of the molecule is CCc1ncc(S(=O)(=O)N2CCC3(CC2)OCCc2cc(C(=O)O)sc23)[nH]1. The summed E-state index contributed by atoms with van der Waals surface area (Å²) in [6.45, 7) is 3.07. The lowest BCUT2D eigenvalue weighted by molar-refractivity contribution is -0.0862. The van der Waals surface area contributed by atoms with Crippen molar-refractivity contribution < 1.29 is 23.1 Å². The molecular weight excluding hydrogens is 390 g/mol. The molecule has 0 unspecified atom stereocenters. The number of ether oxygens (including phenoxy) is 1. The highest BCUT2D eigenvalue weighted by atomic mass is 32.2. The van der Waals surface area contributed by atoms with E-state index in [0.29, 0.717) is 56.1 Å². The molecule has 8 nitrogen and oxygen atoms in total. The molecule has 1 fully saturated rings. The Bertz CT molecular complexity index is 971. The number of sulfonamides is 1. The maximum Gasteiger partial charge on any atom is 0.345 e. The van der Waals surface area contributed by atoms with Crippen LogP contribution >= 0.6 is 11.3 Å². The van der Waals surface area contributed by atoms with Gasteiger partial charge in [0.1, 0.15) is 16.3 Å². The normalized spacial score (nSPS) is 19.9. The molecule has 0 amide bonds. The van der Waals surface area contributed by atoms with E-state index in [1.54, 1.807) is 6.07 Å². The van der Waals surface area contributed by atoms with E-state index in [0.717, 1.165) is 10.4 Å². The Hall–Kier alpha value is -1.75. The summed E-state index contributed by atoms with van der Waals surface area (Å²) < 4.78 is 33.3. The molecule has 27 heavy (non-hydrogen) atoms. The van der Waals surface area contributed by atoms with Crippen molar-refractivity contribution in [3.05, 3.63) is 33.4 Å². The van der Waals surface area contributed by atoms with Crippen LogP contribution in [0.5, 0.6) is 0 Å². The summed E-state index contributed by atoms with van der Waals surface area (Å²) in [6, 6.07) is 1.73. The summed E-state index contributed by atoms with van der Waals surface area (Å²) in [5.74, 6) is -0.294. The number of carbonyl (C=O) groups is 1. The Labute approximate surface area is 161 Å². The first-order valence-corrected chi connectivity index (χ1v) is 11.2. The fraction of sp³-hybridized carbons (Fsp3) is 0.529. The predicted octanol–water partition coefficient (Wildman–Crippen LogP) is 1.98. The number of aromatic nitrogens is 2. The lowest BCUT2D eigenvalue weighted by atomic mass is 9.86. The fourth-order valence-electron chi connectivity index (χ4n) is 3.78. The number of nitrogens with one attached hydrogen (secondary N) is 1. The van der Waals surface area contributed by atoms with E-state index < -0.39 is 21.6 Å². The molecular formula is C17H21N3O5S2. The Kier molecular flexibility index (Phi) is 4.61. The fourth-order valence-corrected chi connectivity index (χ4v) is 6.40. The molecule has 0 saturated carbocycles. The van der Waals surface area contributed by atoms with E-state index in [-0.39, 0.29) is 5.03 Å². The summed E-state index contributed by atoms with van der Waals surface area (Å²) in [7, 11) is -3.62. The second kappa shape index (κ2) is 6.69. The number of aryl methyl sites for hydroxylation is 1. The number of rotatable bonds is 4. The Morgan fingerprint density at radius 3 is 2.81 bits per heavy atom. The molecule has 1 saturated heterocycles. The van der Waals surface area contributed by atoms with Gasteiger partial charge >= 0.3 is 5.97 Å². The Balaban J connectivity index is 1.57. The van der Waals surface area contributed by atoms with Gasteiger partial charge < -0.3 is 14.8 Å². The number of nitrogens with zero attached hydrogens (tertiary/aromatic N) is 2. The largest absolute Gasteiger partial charge is 0.477 e. The van der Waals surface area contributed by atoms with E-state index in [1.165, 1.54) is 21.8 Å². The van der Waals surface area contributed by atoms with Gasteiger partial charge in [0.2, 0.25) is 0 Å². The summed E-state index contributed by atoms with van der Waals surface area (Å²) in [4.78, 5) is 19.5. The van der Waals surface area contributed by atoms with E-state index in [2.05, 4.69) is 9.97 Å². The molecule has 2 aromatic heterocycles. The molecule has 2 aliphatic rings. The van der Waals surface area contributed by atoms with Gasteiger partial charge in [0, 0.05) is 24.4 Å². The van der Waals surface area contributed by atoms with Gasteiger partial charge in [-0.15, -0.1) is 11.3 Å². The third-order valence-electron chi connectivity index (χ3n) is 5.27. The molecule has 10 heteroatoms. The molecule has 0 atom stereocenters. The third-order valence-corrected chi connectivity index (χ3v) is 8.43. The molecule has 0 aliphatic carbocycles. The number of carboxylic acid groups (broad SMARTS) is 1. The van der Waals surface area contributed by atoms with Gasteiger partial charge in [-0.3, -0.25) is 0 Å². The lowest BCUT2D eigenvalue weighted by Crippen LogP contribution is -2.47. The van der Waals surface area contributed by atoms with Crippen molar-refractivity contribution in [1.82, 2.24) is 14.3 Å². The van der Waals surface area contributed by atoms with Crippen molar-refractivity contribution in [2.45, 2.75) is 43.2 Å². The van der Waals surface area contributed by atoms with Gasteiger partial charge in [-0.25, -0.2) is 18.2 Å². The molecule has 4 rings (SSSR count). The average Bonchev–Trinajstić information content (AvgIpc) is 3.30. The van der Waals surface area contributed by atoms with Gasteiger partial charge in [-0.1, -0.05) is 6.92 Å². The van der Waals surface area contributed by atoms with Crippen molar-refractivity contribution in [3.8, 4) is 0 Å². The summed E-state index contributed by atoms with van der Waals surface area (Å²) in [5, 5.41) is 9.41. The molecule has 0 bridgehead atoms. The van der Waals surface area contributed by atoms with Crippen LogP contribution in [0.15, 0.2) is 17.3 Å². The van der Waals surface area contributed by atoms with Crippen LogP contribution in [-0.2, 0) is 33.2 Å². The highest BCUT2D eigenvalue weighted by molar-refractivity contribution is 7.89. The van der Waals surface area contributed by atoms with E-state index >= 15 is 0 Å². The molecule has 2 aliphatic heterocycles. The van der Waals surface area contributed by atoms with Gasteiger partial charge in [0.05, 0.1) is 12.8 Å². The number of hydrogen-bond acceptors (Lipinski definition) is 6. The average molecular weight is 412 g/mol. The maximum absolute atomic E-state index is 12.9. The monoisotopic (exact) mass is 411 g/mol. The van der Waals surface area contributed by atoms with Gasteiger partial charge in [-0.2, -0.15) is 4.31 Å². The highest BCUT2D eigenvalue weighted by Crippen LogP contribution is 2.46. The standard InChI is InChI=1S/C17H21N3O5S2/c1-2-13-18-10-14(19-13)27(23,24)20-6-4-17(5-7-20)15-11(3-8-25-17)9-12(26-15)16(21)22/h9-10H,2-8H2,1H3,(H,18,19)(H,21,22). The molecule has 146 valence electrons. The van der Waals surface area contributed by atoms with Crippen molar-refractivity contribution in [1.29, 1.82) is 0 Å². The molecule has 4 heterocycles. The minimum Gasteiger partial charge on any atom is -0.477 e. The summed E-state index contributed by atoms with van der Waals surface area (Å²) in [6.07, 6.45) is 3.71. The van der Waals surface area contributed by atoms with E-state index in [9.17, 15) is 18.3 Å². The Morgan fingerprint density at radius 1 is 1.44 bits per heavy atom. The molecule has 0 radical (unpaired) electrons. The van der Waals surface area contributed by atoms with Gasteiger partial charge in [0.15, 0.2) is 5.03 Å². The first-order valence-electron chi connectivity index (χ1n) is 8.90. The number of aromatic carboxylic acids is 1. The van der Waals surface area contributed by atoms with Gasteiger partial charge in [0.25, 0.3) is 10.0 Å². The molecule has 1 spiro atoms. The first kappa shape index (κ1) is 18.6. The van der Waals surface area contributed by atoms with Crippen LogP contribution in [0.4, 0.5) is 0 Å². The van der Waals surface area contributed by atoms with Crippen LogP contribution in [-0.4, -0.2) is 53.5 Å². The van der Waals surface area contributed by atoms with Gasteiger partial charge in [-0.05, 0) is 30.9 Å². The smallest absolute Gasteiger partial charge is 0.345 e. The summed E-state index contributed by atoms with van der Waals surface area (Å²) >= 11 is 1.25. The van der Waals surface area contributed by atoms with Crippen LogP contribution in [0.25, 0.3) is 0 Å². The highest BCUT2D eigenvalue weighted by Gasteiger charge is 2.45. The predicted molar refractivity (Wildman–Crippen MR) is 98.6 cm³/mol. The maximum atomic E-state index is 12.9. The second-order valence-electron chi connectivity index (χ2n) is 6.81. The van der Waals surface area contributed by atoms with Crippen molar-refractivity contribution >= 4 is 27.3 Å². The topological polar surface area (TPSA) is 113 Å². The lowest BCUT2D eigenvalue weighted by Gasteiger charge is -2.43. The zero-order chi connectivity index (χ0) is 19.2. The number of fused-ring (bicyclic) bond motifs is 2. The molecule has 2 N–H and O–H groups in total. The zero-order valence-electron chi connectivity index (χ0n) is 14.9. The third kappa shape index (κ3) is 3.10. The van der Waals surface area contributed by atoms with Crippen molar-refractivity contribution in [3.63, 3.8) is 0 Å². The number of thiophene rings is 1. The second-order valence-corrected chi connectivity index (χ2v) is 9.77. The molecule has 2 aromatic rings.